The Morgan fingerprint density at radius 3 is 2.59 bits per heavy atom. The number of aryl methyl sites for hydroxylation is 2. The van der Waals surface area contributed by atoms with Crippen LogP contribution in [0.25, 0.3) is 0 Å². The lowest BCUT2D eigenvalue weighted by molar-refractivity contribution is 0.177. The molecule has 1 aromatic carbocycles. The van der Waals surface area contributed by atoms with Crippen molar-refractivity contribution >= 4 is 34.6 Å². The van der Waals surface area contributed by atoms with Crippen molar-refractivity contribution in [3.8, 4) is 0 Å². The Kier molecular flexibility index (Phi) is 6.78. The van der Waals surface area contributed by atoms with E-state index in [4.69, 9.17) is 23.8 Å². The van der Waals surface area contributed by atoms with Crippen molar-refractivity contribution in [1.82, 2.24) is 29.4 Å². The van der Waals surface area contributed by atoms with Gasteiger partial charge in [0, 0.05) is 62.1 Å². The van der Waals surface area contributed by atoms with Gasteiger partial charge in [-0.3, -0.25) is 14.3 Å². The molecule has 2 aromatic heterocycles. The van der Waals surface area contributed by atoms with E-state index in [2.05, 4.69) is 31.5 Å². The van der Waals surface area contributed by atoms with Crippen LogP contribution in [0.1, 0.15) is 22.5 Å². The zero-order chi connectivity index (χ0) is 22.8. The molecular weight excluding hydrogens is 449 g/mol. The maximum atomic E-state index is 14.2. The highest BCUT2D eigenvalue weighted by molar-refractivity contribution is 7.80. The van der Waals surface area contributed by atoms with E-state index in [9.17, 15) is 4.39 Å². The molecule has 7 nitrogen and oxygen atoms in total. The lowest BCUT2D eigenvalue weighted by atomic mass is 10.2. The lowest BCUT2D eigenvalue weighted by Gasteiger charge is -2.36. The fourth-order valence-corrected chi connectivity index (χ4v) is 4.48. The fourth-order valence-electron chi connectivity index (χ4n) is 3.97. The van der Waals surface area contributed by atoms with Gasteiger partial charge in [0.05, 0.1) is 29.8 Å². The molecule has 1 N–H and O–H groups in total. The molecule has 1 aliphatic heterocycles. The molecule has 0 aliphatic carbocycles. The normalized spacial score (nSPS) is 14.7. The number of halogens is 2. The van der Waals surface area contributed by atoms with Gasteiger partial charge >= 0.3 is 0 Å². The van der Waals surface area contributed by atoms with Crippen LogP contribution in [0.5, 0.6) is 0 Å². The minimum absolute atomic E-state index is 0.264. The van der Waals surface area contributed by atoms with Crippen molar-refractivity contribution in [1.29, 1.82) is 0 Å². The van der Waals surface area contributed by atoms with Gasteiger partial charge < -0.3 is 10.2 Å². The standard InChI is InChI=1S/C22H27ClFN7S/c1-15-21(16(2)31(27-15)14-18-19(23)5-4-6-20(18)24)26-22(32)30-9-7-29(8-10-30)13-17-11-25-28(3)12-17/h4-6,11-12H,7-10,13-14H2,1-3H3,(H,26,32). The molecule has 1 fully saturated rings. The van der Waals surface area contributed by atoms with Crippen molar-refractivity contribution in [2.45, 2.75) is 26.9 Å². The van der Waals surface area contributed by atoms with Gasteiger partial charge in [0.1, 0.15) is 5.82 Å². The molecule has 1 aliphatic rings. The summed E-state index contributed by atoms with van der Waals surface area (Å²) in [5.74, 6) is -0.334. The molecule has 0 saturated carbocycles. The van der Waals surface area contributed by atoms with Gasteiger partial charge in [0.25, 0.3) is 0 Å². The smallest absolute Gasteiger partial charge is 0.173 e. The third kappa shape index (κ3) is 4.95. The highest BCUT2D eigenvalue weighted by Gasteiger charge is 2.22. The summed E-state index contributed by atoms with van der Waals surface area (Å²) in [7, 11) is 1.93. The SMILES string of the molecule is Cc1nn(Cc2c(F)cccc2Cl)c(C)c1NC(=S)N1CCN(Cc2cnn(C)c2)CC1. The predicted molar refractivity (Wildman–Crippen MR) is 128 cm³/mol. The van der Waals surface area contributed by atoms with Crippen LogP contribution < -0.4 is 5.32 Å². The minimum Gasteiger partial charge on any atom is -0.346 e. The summed E-state index contributed by atoms with van der Waals surface area (Å²) in [5, 5.41) is 13.3. The zero-order valence-corrected chi connectivity index (χ0v) is 20.0. The number of hydrogen-bond donors (Lipinski definition) is 1. The quantitative estimate of drug-likeness (QED) is 0.569. The third-order valence-corrected chi connectivity index (χ3v) is 6.52. The monoisotopic (exact) mass is 475 g/mol. The molecule has 0 bridgehead atoms. The number of piperazine rings is 1. The number of thiocarbonyl (C=S) groups is 1. The van der Waals surface area contributed by atoms with E-state index >= 15 is 0 Å². The highest BCUT2D eigenvalue weighted by atomic mass is 35.5. The van der Waals surface area contributed by atoms with Gasteiger partial charge in [0.2, 0.25) is 0 Å². The van der Waals surface area contributed by atoms with Crippen molar-refractivity contribution < 1.29 is 4.39 Å². The van der Waals surface area contributed by atoms with Crippen molar-refractivity contribution in [2.24, 2.45) is 7.05 Å². The molecule has 0 atom stereocenters. The number of aromatic nitrogens is 4. The maximum Gasteiger partial charge on any atom is 0.173 e. The number of anilines is 1. The molecule has 0 amide bonds. The van der Waals surface area contributed by atoms with E-state index in [1.165, 1.54) is 11.6 Å². The van der Waals surface area contributed by atoms with E-state index in [1.807, 2.05) is 31.8 Å². The number of nitrogens with zero attached hydrogens (tertiary/aromatic N) is 6. The van der Waals surface area contributed by atoms with Gasteiger partial charge in [-0.2, -0.15) is 10.2 Å². The predicted octanol–water partition coefficient (Wildman–Crippen LogP) is 3.59. The first kappa shape index (κ1) is 22.7. The highest BCUT2D eigenvalue weighted by Crippen LogP contribution is 2.25. The summed E-state index contributed by atoms with van der Waals surface area (Å²) in [4.78, 5) is 4.59. The topological polar surface area (TPSA) is 54.2 Å². The number of rotatable bonds is 5. The lowest BCUT2D eigenvalue weighted by Crippen LogP contribution is -2.49. The second kappa shape index (κ2) is 9.56. The van der Waals surface area contributed by atoms with Gasteiger partial charge in [0.15, 0.2) is 5.11 Å². The molecule has 3 aromatic rings. The molecule has 0 spiro atoms. The third-order valence-electron chi connectivity index (χ3n) is 5.81. The van der Waals surface area contributed by atoms with Crippen LogP contribution in [-0.4, -0.2) is 60.7 Å². The molecule has 0 unspecified atom stereocenters. The molecule has 10 heteroatoms. The maximum absolute atomic E-state index is 14.2. The second-order valence-electron chi connectivity index (χ2n) is 8.12. The van der Waals surface area contributed by atoms with Crippen LogP contribution in [-0.2, 0) is 20.1 Å². The minimum atomic E-state index is -0.334. The van der Waals surface area contributed by atoms with E-state index in [1.54, 1.807) is 16.8 Å². The molecule has 32 heavy (non-hydrogen) atoms. The van der Waals surface area contributed by atoms with E-state index in [0.717, 1.165) is 49.8 Å². The summed E-state index contributed by atoms with van der Waals surface area (Å²) in [6.07, 6.45) is 3.96. The Labute approximate surface area is 197 Å². The molecule has 4 rings (SSSR count). The second-order valence-corrected chi connectivity index (χ2v) is 8.91. The van der Waals surface area contributed by atoms with E-state index in [0.29, 0.717) is 15.7 Å². The first-order valence-electron chi connectivity index (χ1n) is 10.5. The largest absolute Gasteiger partial charge is 0.346 e. The average molecular weight is 476 g/mol. The summed E-state index contributed by atoms with van der Waals surface area (Å²) in [6.45, 7) is 8.59. The molecular formula is C22H27ClFN7S. The van der Waals surface area contributed by atoms with E-state index < -0.39 is 0 Å². The van der Waals surface area contributed by atoms with Gasteiger partial charge in [-0.25, -0.2) is 4.39 Å². The van der Waals surface area contributed by atoms with Crippen molar-refractivity contribution in [2.75, 3.05) is 31.5 Å². The van der Waals surface area contributed by atoms with Crippen molar-refractivity contribution in [3.63, 3.8) is 0 Å². The van der Waals surface area contributed by atoms with Crippen LogP contribution in [0, 0.1) is 19.7 Å². The Morgan fingerprint density at radius 1 is 1.19 bits per heavy atom. The van der Waals surface area contributed by atoms with Crippen LogP contribution >= 0.6 is 23.8 Å². The van der Waals surface area contributed by atoms with Gasteiger partial charge in [-0.15, -0.1) is 0 Å². The number of nitrogens with one attached hydrogen (secondary N) is 1. The van der Waals surface area contributed by atoms with Crippen LogP contribution in [0.4, 0.5) is 10.1 Å². The Balaban J connectivity index is 1.37. The molecule has 170 valence electrons. The van der Waals surface area contributed by atoms with Gasteiger partial charge in [-0.05, 0) is 38.2 Å². The molecule has 3 heterocycles. The zero-order valence-electron chi connectivity index (χ0n) is 18.5. The summed E-state index contributed by atoms with van der Waals surface area (Å²) in [6, 6.07) is 4.70. The summed E-state index contributed by atoms with van der Waals surface area (Å²) < 4.78 is 17.8. The molecule has 1 saturated heterocycles. The Morgan fingerprint density at radius 2 is 1.94 bits per heavy atom. The number of benzene rings is 1. The first-order chi connectivity index (χ1) is 15.3. The number of hydrogen-bond acceptors (Lipinski definition) is 4. The Hall–Kier alpha value is -2.49. The average Bonchev–Trinajstić information content (AvgIpc) is 3.28. The van der Waals surface area contributed by atoms with Crippen LogP contribution in [0.3, 0.4) is 0 Å². The molecule has 0 radical (unpaired) electrons. The van der Waals surface area contributed by atoms with Crippen LogP contribution in [0.2, 0.25) is 5.02 Å². The summed E-state index contributed by atoms with van der Waals surface area (Å²) >= 11 is 11.9. The van der Waals surface area contributed by atoms with Gasteiger partial charge in [-0.1, -0.05) is 17.7 Å². The fraction of sp³-hybridized carbons (Fsp3) is 0.409. The Bertz CT molecular complexity index is 1100. The van der Waals surface area contributed by atoms with Crippen LogP contribution in [0.15, 0.2) is 30.6 Å². The van der Waals surface area contributed by atoms with E-state index in [-0.39, 0.29) is 12.4 Å². The first-order valence-corrected chi connectivity index (χ1v) is 11.3. The summed E-state index contributed by atoms with van der Waals surface area (Å²) in [5.41, 5.74) is 4.21. The van der Waals surface area contributed by atoms with Crippen molar-refractivity contribution in [3.05, 3.63) is 63.9 Å².